The molecule has 6 nitrogen and oxygen atoms in total. The summed E-state index contributed by atoms with van der Waals surface area (Å²) in [6.45, 7) is -2.67. The highest BCUT2D eigenvalue weighted by Crippen LogP contribution is 2.38. The van der Waals surface area contributed by atoms with Gasteiger partial charge in [-0.05, 0) is 35.4 Å². The smallest absolute Gasteiger partial charge is 0.387 e. The van der Waals surface area contributed by atoms with Crippen LogP contribution in [0.25, 0.3) is 0 Å². The Morgan fingerprint density at radius 3 is 2.55 bits per heavy atom. The van der Waals surface area contributed by atoms with E-state index in [4.69, 9.17) is 14.3 Å². The molecule has 0 spiro atoms. The number of methoxy groups -OCH3 is 1. The summed E-state index contributed by atoms with van der Waals surface area (Å²) < 4.78 is 40.7. The number of nitrogens with zero attached hydrogens (tertiary/aromatic N) is 1. The number of fused-ring (bicyclic) bond motifs is 1. The molecular weight excluding hydrogens is 432 g/mol. The van der Waals surface area contributed by atoms with Gasteiger partial charge < -0.3 is 19.0 Å². The average molecular weight is 453 g/mol. The highest BCUT2D eigenvalue weighted by molar-refractivity contribution is 6.04. The van der Waals surface area contributed by atoms with E-state index < -0.39 is 18.7 Å². The number of alkyl halides is 2. The van der Waals surface area contributed by atoms with E-state index in [1.165, 1.54) is 19.2 Å². The van der Waals surface area contributed by atoms with E-state index in [1.807, 2.05) is 30.3 Å². The predicted octanol–water partition coefficient (Wildman–Crippen LogP) is 5.52. The first kappa shape index (κ1) is 22.3. The largest absolute Gasteiger partial charge is 0.484 e. The molecule has 1 atom stereocenters. The van der Waals surface area contributed by atoms with Gasteiger partial charge in [-0.1, -0.05) is 47.6 Å². The summed E-state index contributed by atoms with van der Waals surface area (Å²) in [7, 11) is 1.31. The van der Waals surface area contributed by atoms with E-state index in [0.717, 1.165) is 11.1 Å². The van der Waals surface area contributed by atoms with Crippen molar-refractivity contribution in [1.82, 2.24) is 0 Å². The number of ether oxygens (including phenoxy) is 3. The van der Waals surface area contributed by atoms with E-state index in [1.54, 1.807) is 30.3 Å². The average Bonchev–Trinajstić information content (AvgIpc) is 2.83. The highest BCUT2D eigenvalue weighted by Gasteiger charge is 2.28. The molecule has 0 fully saturated rings. The van der Waals surface area contributed by atoms with Crippen molar-refractivity contribution in [2.24, 2.45) is 5.16 Å². The van der Waals surface area contributed by atoms with E-state index >= 15 is 0 Å². The van der Waals surface area contributed by atoms with Crippen molar-refractivity contribution in [1.29, 1.82) is 0 Å². The molecule has 0 bridgehead atoms. The molecule has 33 heavy (non-hydrogen) atoms. The third-order valence-electron chi connectivity index (χ3n) is 5.09. The minimum absolute atomic E-state index is 0.0185. The summed E-state index contributed by atoms with van der Waals surface area (Å²) in [5.41, 5.74) is 3.39. The van der Waals surface area contributed by atoms with E-state index in [9.17, 15) is 13.6 Å². The quantitative estimate of drug-likeness (QED) is 0.348. The number of halogens is 2. The van der Waals surface area contributed by atoms with Gasteiger partial charge in [0.25, 0.3) is 0 Å². The fourth-order valence-corrected chi connectivity index (χ4v) is 3.48. The second-order valence-corrected chi connectivity index (χ2v) is 7.26. The van der Waals surface area contributed by atoms with Crippen molar-refractivity contribution in [3.63, 3.8) is 0 Å². The van der Waals surface area contributed by atoms with Crippen LogP contribution in [-0.4, -0.2) is 25.4 Å². The summed E-state index contributed by atoms with van der Waals surface area (Å²) in [4.78, 5) is 17.3. The van der Waals surface area contributed by atoms with Crippen LogP contribution in [0.2, 0.25) is 0 Å². The molecule has 8 heteroatoms. The SMILES string of the molecule is COC(=O)c1ccc([C@H]2CC(=NOCc3ccccc3)c3ccc(OC(F)F)cc3O2)cc1. The van der Waals surface area contributed by atoms with Gasteiger partial charge in [-0.25, -0.2) is 4.79 Å². The summed E-state index contributed by atoms with van der Waals surface area (Å²) in [6, 6.07) is 20.8. The minimum Gasteiger partial charge on any atom is -0.484 e. The number of carbonyl (C=O) groups excluding carboxylic acids is 1. The van der Waals surface area contributed by atoms with Crippen LogP contribution < -0.4 is 9.47 Å². The van der Waals surface area contributed by atoms with Gasteiger partial charge in [0.1, 0.15) is 24.2 Å². The molecule has 1 aliphatic heterocycles. The Bertz CT molecular complexity index is 1130. The number of hydrogen-bond acceptors (Lipinski definition) is 6. The third kappa shape index (κ3) is 5.46. The lowest BCUT2D eigenvalue weighted by Crippen LogP contribution is -2.21. The summed E-state index contributed by atoms with van der Waals surface area (Å²) in [5.74, 6) is -0.111. The zero-order valence-electron chi connectivity index (χ0n) is 17.7. The maximum atomic E-state index is 12.7. The molecule has 0 saturated heterocycles. The summed E-state index contributed by atoms with van der Waals surface area (Å²) in [5, 5.41) is 4.32. The number of benzene rings is 3. The topological polar surface area (TPSA) is 66.4 Å². The first-order valence-corrected chi connectivity index (χ1v) is 10.2. The second kappa shape index (κ2) is 10.1. The molecule has 0 unspecified atom stereocenters. The van der Waals surface area contributed by atoms with Crippen molar-refractivity contribution < 1.29 is 32.6 Å². The van der Waals surface area contributed by atoms with Crippen LogP contribution in [0.5, 0.6) is 11.5 Å². The highest BCUT2D eigenvalue weighted by atomic mass is 19.3. The van der Waals surface area contributed by atoms with Crippen LogP contribution in [0.15, 0.2) is 78.0 Å². The maximum absolute atomic E-state index is 12.7. The molecule has 0 aliphatic carbocycles. The molecule has 0 N–H and O–H groups in total. The number of carbonyl (C=O) groups is 1. The predicted molar refractivity (Wildman–Crippen MR) is 117 cm³/mol. The molecule has 0 saturated carbocycles. The van der Waals surface area contributed by atoms with Crippen molar-refractivity contribution in [2.75, 3.05) is 7.11 Å². The van der Waals surface area contributed by atoms with E-state index in [0.29, 0.717) is 29.0 Å². The van der Waals surface area contributed by atoms with Crippen LogP contribution in [-0.2, 0) is 16.2 Å². The van der Waals surface area contributed by atoms with Crippen molar-refractivity contribution in [2.45, 2.75) is 25.7 Å². The first-order valence-electron chi connectivity index (χ1n) is 10.2. The monoisotopic (exact) mass is 453 g/mol. The zero-order chi connectivity index (χ0) is 23.2. The Labute approximate surface area is 189 Å². The lowest BCUT2D eigenvalue weighted by Gasteiger charge is -2.27. The Hall–Kier alpha value is -3.94. The number of hydrogen-bond donors (Lipinski definition) is 0. The molecule has 170 valence electrons. The zero-order valence-corrected chi connectivity index (χ0v) is 17.7. The van der Waals surface area contributed by atoms with Crippen molar-refractivity contribution in [3.8, 4) is 11.5 Å². The number of rotatable bonds is 7. The van der Waals surface area contributed by atoms with E-state index in [-0.39, 0.29) is 12.4 Å². The maximum Gasteiger partial charge on any atom is 0.387 e. The van der Waals surface area contributed by atoms with Crippen LogP contribution in [0.1, 0.15) is 39.6 Å². The molecule has 4 rings (SSSR count). The molecule has 0 amide bonds. The van der Waals surface area contributed by atoms with E-state index in [2.05, 4.69) is 9.89 Å². The third-order valence-corrected chi connectivity index (χ3v) is 5.09. The van der Waals surface area contributed by atoms with Gasteiger partial charge in [-0.2, -0.15) is 8.78 Å². The van der Waals surface area contributed by atoms with Gasteiger partial charge in [-0.15, -0.1) is 0 Å². The van der Waals surface area contributed by atoms with Gasteiger partial charge in [0, 0.05) is 18.1 Å². The van der Waals surface area contributed by atoms with Crippen LogP contribution in [0, 0.1) is 0 Å². The summed E-state index contributed by atoms with van der Waals surface area (Å²) >= 11 is 0. The van der Waals surface area contributed by atoms with Gasteiger partial charge in [0.05, 0.1) is 18.4 Å². The molecule has 0 radical (unpaired) electrons. The Balaban J connectivity index is 1.61. The Kier molecular flexibility index (Phi) is 6.83. The molecule has 3 aromatic carbocycles. The Morgan fingerprint density at radius 1 is 1.09 bits per heavy atom. The fourth-order valence-electron chi connectivity index (χ4n) is 3.48. The number of oxime groups is 1. The van der Waals surface area contributed by atoms with Crippen molar-refractivity contribution in [3.05, 3.63) is 95.1 Å². The molecular formula is C25H21F2NO5. The first-order chi connectivity index (χ1) is 16.0. The molecule has 1 heterocycles. The molecule has 0 aromatic heterocycles. The van der Waals surface area contributed by atoms with Crippen LogP contribution in [0.4, 0.5) is 8.78 Å². The molecule has 3 aromatic rings. The van der Waals surface area contributed by atoms with Gasteiger partial charge in [-0.3, -0.25) is 0 Å². The van der Waals surface area contributed by atoms with Gasteiger partial charge in [0.15, 0.2) is 0 Å². The fraction of sp³-hybridized carbons (Fsp3) is 0.200. The number of esters is 1. The lowest BCUT2D eigenvalue weighted by atomic mass is 9.95. The summed E-state index contributed by atoms with van der Waals surface area (Å²) in [6.07, 6.45) is -0.0842. The van der Waals surface area contributed by atoms with Crippen LogP contribution in [0.3, 0.4) is 0 Å². The van der Waals surface area contributed by atoms with Gasteiger partial charge in [0.2, 0.25) is 0 Å². The standard InChI is InChI=1S/C25H21F2NO5/c1-30-24(29)18-9-7-17(8-10-18)22-14-21(28-31-15-16-5-3-2-4-6-16)20-12-11-19(32-25(26)27)13-23(20)33-22/h2-13,22,25H,14-15H2,1H3/t22-/m1/s1. The minimum atomic E-state index is -2.95. The van der Waals surface area contributed by atoms with Gasteiger partial charge >= 0.3 is 12.6 Å². The second-order valence-electron chi connectivity index (χ2n) is 7.26. The van der Waals surface area contributed by atoms with Crippen molar-refractivity contribution >= 4 is 11.7 Å². The Morgan fingerprint density at radius 2 is 1.85 bits per heavy atom. The molecule has 1 aliphatic rings. The van der Waals surface area contributed by atoms with Crippen LogP contribution >= 0.6 is 0 Å². The lowest BCUT2D eigenvalue weighted by molar-refractivity contribution is -0.0500. The normalized spacial score (nSPS) is 16.1.